The SMILES string of the molecule is Cc1ncc(CN(CCO)C2CCCCC2)s1. The fourth-order valence-electron chi connectivity index (χ4n) is 2.64. The van der Waals surface area contributed by atoms with Crippen LogP contribution in [-0.4, -0.2) is 34.2 Å². The highest BCUT2D eigenvalue weighted by atomic mass is 32.1. The van der Waals surface area contributed by atoms with Crippen molar-refractivity contribution in [1.29, 1.82) is 0 Å². The molecule has 1 aliphatic rings. The molecule has 0 amide bonds. The summed E-state index contributed by atoms with van der Waals surface area (Å²) < 4.78 is 0. The second kappa shape index (κ2) is 6.47. The summed E-state index contributed by atoms with van der Waals surface area (Å²) in [7, 11) is 0. The summed E-state index contributed by atoms with van der Waals surface area (Å²) in [5.41, 5.74) is 0. The Morgan fingerprint density at radius 1 is 1.41 bits per heavy atom. The number of nitrogens with zero attached hydrogens (tertiary/aromatic N) is 2. The van der Waals surface area contributed by atoms with Crippen molar-refractivity contribution in [3.05, 3.63) is 16.1 Å². The number of aromatic nitrogens is 1. The molecule has 1 N–H and O–H groups in total. The molecule has 4 heteroatoms. The lowest BCUT2D eigenvalue weighted by Gasteiger charge is -2.33. The Labute approximate surface area is 107 Å². The molecule has 0 aliphatic heterocycles. The molecule has 96 valence electrons. The summed E-state index contributed by atoms with van der Waals surface area (Å²) in [5, 5.41) is 10.3. The van der Waals surface area contributed by atoms with Gasteiger partial charge < -0.3 is 5.11 Å². The molecule has 1 aromatic rings. The van der Waals surface area contributed by atoms with Gasteiger partial charge in [0, 0.05) is 30.2 Å². The van der Waals surface area contributed by atoms with E-state index in [0.29, 0.717) is 6.04 Å². The van der Waals surface area contributed by atoms with Crippen molar-refractivity contribution < 1.29 is 5.11 Å². The standard InChI is InChI=1S/C13H22N2OS/c1-11-14-9-13(17-11)10-15(7-8-16)12-5-3-2-4-6-12/h9,12,16H,2-8,10H2,1H3. The minimum atomic E-state index is 0.258. The van der Waals surface area contributed by atoms with E-state index in [9.17, 15) is 5.11 Å². The summed E-state index contributed by atoms with van der Waals surface area (Å²) in [5.74, 6) is 0. The number of thiazole rings is 1. The van der Waals surface area contributed by atoms with Gasteiger partial charge in [-0.25, -0.2) is 4.98 Å². The predicted octanol–water partition coefficient (Wildman–Crippen LogP) is 2.58. The van der Waals surface area contributed by atoms with E-state index >= 15 is 0 Å². The first-order valence-electron chi connectivity index (χ1n) is 6.56. The zero-order valence-electron chi connectivity index (χ0n) is 10.6. The van der Waals surface area contributed by atoms with Crippen LogP contribution in [0.15, 0.2) is 6.20 Å². The Hall–Kier alpha value is -0.450. The van der Waals surface area contributed by atoms with Crippen molar-refractivity contribution in [1.82, 2.24) is 9.88 Å². The van der Waals surface area contributed by atoms with Crippen LogP contribution in [0.1, 0.15) is 42.0 Å². The number of rotatable bonds is 5. The average molecular weight is 254 g/mol. The third-order valence-corrected chi connectivity index (χ3v) is 4.40. The smallest absolute Gasteiger partial charge is 0.0897 e. The van der Waals surface area contributed by atoms with E-state index in [-0.39, 0.29) is 6.61 Å². The Kier molecular flexibility index (Phi) is 4.95. The summed E-state index contributed by atoms with van der Waals surface area (Å²) in [6.07, 6.45) is 8.62. The molecule has 2 rings (SSSR count). The minimum Gasteiger partial charge on any atom is -0.395 e. The molecule has 0 saturated heterocycles. The van der Waals surface area contributed by atoms with Crippen molar-refractivity contribution in [2.45, 2.75) is 51.6 Å². The molecule has 0 unspecified atom stereocenters. The van der Waals surface area contributed by atoms with Gasteiger partial charge in [-0.05, 0) is 19.8 Å². The molecular weight excluding hydrogens is 232 g/mol. The van der Waals surface area contributed by atoms with Crippen LogP contribution in [0.5, 0.6) is 0 Å². The van der Waals surface area contributed by atoms with E-state index in [2.05, 4.69) is 9.88 Å². The van der Waals surface area contributed by atoms with Crippen LogP contribution in [0, 0.1) is 6.92 Å². The topological polar surface area (TPSA) is 36.4 Å². The molecular formula is C13H22N2OS. The fraction of sp³-hybridized carbons (Fsp3) is 0.769. The first-order valence-corrected chi connectivity index (χ1v) is 7.37. The minimum absolute atomic E-state index is 0.258. The van der Waals surface area contributed by atoms with Crippen LogP contribution >= 0.6 is 11.3 Å². The molecule has 0 bridgehead atoms. The van der Waals surface area contributed by atoms with Crippen molar-refractivity contribution >= 4 is 11.3 Å². The Bertz CT molecular complexity index is 334. The molecule has 1 aliphatic carbocycles. The van der Waals surface area contributed by atoms with Crippen LogP contribution < -0.4 is 0 Å². The lowest BCUT2D eigenvalue weighted by Crippen LogP contribution is -2.38. The van der Waals surface area contributed by atoms with Crippen molar-refractivity contribution in [3.63, 3.8) is 0 Å². The number of aryl methyl sites for hydroxylation is 1. The van der Waals surface area contributed by atoms with Gasteiger partial charge in [0.2, 0.25) is 0 Å². The van der Waals surface area contributed by atoms with Gasteiger partial charge in [-0.15, -0.1) is 11.3 Å². The third-order valence-electron chi connectivity index (χ3n) is 3.51. The number of aliphatic hydroxyl groups excluding tert-OH is 1. The summed E-state index contributed by atoms with van der Waals surface area (Å²) in [6.45, 7) is 4.05. The number of hydrogen-bond acceptors (Lipinski definition) is 4. The maximum absolute atomic E-state index is 9.20. The average Bonchev–Trinajstić information content (AvgIpc) is 2.75. The van der Waals surface area contributed by atoms with Crippen LogP contribution in [-0.2, 0) is 6.54 Å². The number of aliphatic hydroxyl groups is 1. The van der Waals surface area contributed by atoms with E-state index in [1.54, 1.807) is 11.3 Å². The third kappa shape index (κ3) is 3.76. The molecule has 3 nitrogen and oxygen atoms in total. The zero-order chi connectivity index (χ0) is 12.1. The van der Waals surface area contributed by atoms with Gasteiger partial charge in [0.05, 0.1) is 11.6 Å². The summed E-state index contributed by atoms with van der Waals surface area (Å²) in [6, 6.07) is 0.665. The first kappa shape index (κ1) is 13.0. The van der Waals surface area contributed by atoms with E-state index in [4.69, 9.17) is 0 Å². The maximum atomic E-state index is 9.20. The van der Waals surface area contributed by atoms with Crippen LogP contribution in [0.25, 0.3) is 0 Å². The molecule has 0 spiro atoms. The van der Waals surface area contributed by atoms with Crippen LogP contribution in [0.3, 0.4) is 0 Å². The highest BCUT2D eigenvalue weighted by Crippen LogP contribution is 2.25. The normalized spacial score (nSPS) is 17.8. The molecule has 1 saturated carbocycles. The van der Waals surface area contributed by atoms with Gasteiger partial charge in [-0.2, -0.15) is 0 Å². The summed E-state index contributed by atoms with van der Waals surface area (Å²) in [4.78, 5) is 8.06. The molecule has 0 atom stereocenters. The fourth-order valence-corrected chi connectivity index (χ4v) is 3.46. The van der Waals surface area contributed by atoms with Gasteiger partial charge in [0.15, 0.2) is 0 Å². The first-order chi connectivity index (χ1) is 8.29. The highest BCUT2D eigenvalue weighted by Gasteiger charge is 2.21. The van der Waals surface area contributed by atoms with E-state index in [1.807, 2.05) is 13.1 Å². The second-order valence-corrected chi connectivity index (χ2v) is 6.15. The molecule has 0 radical (unpaired) electrons. The lowest BCUT2D eigenvalue weighted by atomic mass is 9.94. The van der Waals surface area contributed by atoms with Gasteiger partial charge in [0.25, 0.3) is 0 Å². The highest BCUT2D eigenvalue weighted by molar-refractivity contribution is 7.11. The Morgan fingerprint density at radius 3 is 2.76 bits per heavy atom. The van der Waals surface area contributed by atoms with E-state index in [0.717, 1.165) is 18.1 Å². The molecule has 1 heterocycles. The molecule has 0 aromatic carbocycles. The van der Waals surface area contributed by atoms with Crippen molar-refractivity contribution in [2.75, 3.05) is 13.2 Å². The quantitative estimate of drug-likeness (QED) is 0.877. The van der Waals surface area contributed by atoms with E-state index < -0.39 is 0 Å². The Morgan fingerprint density at radius 2 is 2.18 bits per heavy atom. The molecule has 1 aromatic heterocycles. The molecule has 17 heavy (non-hydrogen) atoms. The second-order valence-electron chi connectivity index (χ2n) is 4.83. The predicted molar refractivity (Wildman–Crippen MR) is 71.2 cm³/mol. The zero-order valence-corrected chi connectivity index (χ0v) is 11.4. The van der Waals surface area contributed by atoms with Gasteiger partial charge >= 0.3 is 0 Å². The molecule has 1 fully saturated rings. The lowest BCUT2D eigenvalue weighted by molar-refractivity contribution is 0.118. The summed E-state index contributed by atoms with van der Waals surface area (Å²) >= 11 is 1.77. The number of hydrogen-bond donors (Lipinski definition) is 1. The van der Waals surface area contributed by atoms with E-state index in [1.165, 1.54) is 37.0 Å². The van der Waals surface area contributed by atoms with Gasteiger partial charge in [-0.3, -0.25) is 4.90 Å². The van der Waals surface area contributed by atoms with Crippen LogP contribution in [0.2, 0.25) is 0 Å². The Balaban J connectivity index is 1.95. The van der Waals surface area contributed by atoms with Gasteiger partial charge in [0.1, 0.15) is 0 Å². The van der Waals surface area contributed by atoms with Crippen LogP contribution in [0.4, 0.5) is 0 Å². The van der Waals surface area contributed by atoms with Gasteiger partial charge in [-0.1, -0.05) is 19.3 Å². The largest absolute Gasteiger partial charge is 0.395 e. The van der Waals surface area contributed by atoms with Crippen molar-refractivity contribution in [3.8, 4) is 0 Å². The monoisotopic (exact) mass is 254 g/mol. The maximum Gasteiger partial charge on any atom is 0.0897 e. The van der Waals surface area contributed by atoms with Crippen molar-refractivity contribution in [2.24, 2.45) is 0 Å².